The fraction of sp³-hybridized carbons (Fsp3) is 0.579. The van der Waals surface area contributed by atoms with Crippen molar-refractivity contribution >= 4 is 27.8 Å². The molecule has 1 aromatic rings. The van der Waals surface area contributed by atoms with E-state index in [1.807, 2.05) is 0 Å². The third kappa shape index (κ3) is 3.75. The zero-order valence-corrected chi connectivity index (χ0v) is 17.8. The summed E-state index contributed by atoms with van der Waals surface area (Å²) in [5.74, 6) is -9.92. The Labute approximate surface area is 184 Å². The van der Waals surface area contributed by atoms with Crippen LogP contribution in [0.5, 0.6) is 0 Å². The van der Waals surface area contributed by atoms with Crippen LogP contribution in [0.1, 0.15) is 37.3 Å². The van der Waals surface area contributed by atoms with Gasteiger partial charge in [-0.25, -0.2) is 13.6 Å². The number of amides is 1. The van der Waals surface area contributed by atoms with E-state index in [0.29, 0.717) is 12.1 Å². The summed E-state index contributed by atoms with van der Waals surface area (Å²) in [7, 11) is 0. The SMILES string of the molecule is C[C@@]1(C(=O)O)CC(C(F)(F)c2ccc(Br)cc2C(F)(F)F)CN1C(=O)C1(C(F)(F)F)CC1. The molecule has 1 saturated carbocycles. The highest BCUT2D eigenvalue weighted by Crippen LogP contribution is 2.60. The van der Waals surface area contributed by atoms with Crippen molar-refractivity contribution in [2.45, 2.75) is 50.0 Å². The van der Waals surface area contributed by atoms with E-state index >= 15 is 8.78 Å². The van der Waals surface area contributed by atoms with E-state index in [1.165, 1.54) is 0 Å². The van der Waals surface area contributed by atoms with E-state index in [0.717, 1.165) is 13.0 Å². The molecule has 178 valence electrons. The van der Waals surface area contributed by atoms with Gasteiger partial charge in [-0.2, -0.15) is 26.3 Å². The maximum atomic E-state index is 15.3. The van der Waals surface area contributed by atoms with Crippen LogP contribution in [0.4, 0.5) is 35.1 Å². The lowest BCUT2D eigenvalue weighted by molar-refractivity contribution is -0.202. The molecule has 1 aromatic carbocycles. The van der Waals surface area contributed by atoms with Gasteiger partial charge in [0, 0.05) is 22.5 Å². The van der Waals surface area contributed by atoms with Crippen molar-refractivity contribution < 1.29 is 49.8 Å². The van der Waals surface area contributed by atoms with E-state index in [-0.39, 0.29) is 9.37 Å². The fourth-order valence-electron chi connectivity index (χ4n) is 4.09. The number of likely N-dealkylation sites (tertiary alicyclic amines) is 1. The Morgan fingerprint density at radius 2 is 1.62 bits per heavy atom. The van der Waals surface area contributed by atoms with Crippen molar-refractivity contribution in [2.75, 3.05) is 6.54 Å². The second kappa shape index (κ2) is 7.29. The molecule has 0 radical (unpaired) electrons. The fourth-order valence-corrected chi connectivity index (χ4v) is 4.45. The van der Waals surface area contributed by atoms with Gasteiger partial charge in [0.25, 0.3) is 5.92 Å². The lowest BCUT2D eigenvalue weighted by atomic mass is 9.85. The number of alkyl halides is 8. The van der Waals surface area contributed by atoms with Crippen molar-refractivity contribution in [1.82, 2.24) is 4.90 Å². The topological polar surface area (TPSA) is 57.6 Å². The molecule has 0 aromatic heterocycles. The van der Waals surface area contributed by atoms with E-state index in [2.05, 4.69) is 15.9 Å². The maximum absolute atomic E-state index is 15.3. The summed E-state index contributed by atoms with van der Waals surface area (Å²) in [6, 6.07) is 1.89. The van der Waals surface area contributed by atoms with E-state index in [4.69, 9.17) is 0 Å². The summed E-state index contributed by atoms with van der Waals surface area (Å²) in [5.41, 5.74) is -8.42. The Bertz CT molecular complexity index is 957. The molecule has 2 fully saturated rings. The molecule has 1 N–H and O–H groups in total. The van der Waals surface area contributed by atoms with Crippen LogP contribution >= 0.6 is 15.9 Å². The van der Waals surface area contributed by atoms with Gasteiger partial charge in [-0.05, 0) is 38.3 Å². The maximum Gasteiger partial charge on any atom is 0.416 e. The average molecular weight is 538 g/mol. The molecule has 1 aliphatic carbocycles. The molecule has 3 rings (SSSR count). The van der Waals surface area contributed by atoms with Gasteiger partial charge < -0.3 is 10.0 Å². The predicted octanol–water partition coefficient (Wildman–Crippen LogP) is 5.59. The Balaban J connectivity index is 2.04. The molecule has 13 heteroatoms. The number of rotatable bonds is 4. The number of carbonyl (C=O) groups is 2. The van der Waals surface area contributed by atoms with Gasteiger partial charge in [-0.1, -0.05) is 22.0 Å². The Hall–Kier alpha value is -1.92. The summed E-state index contributed by atoms with van der Waals surface area (Å²) >= 11 is 2.77. The second-order valence-electron chi connectivity index (χ2n) is 8.29. The molecule has 1 aliphatic heterocycles. The van der Waals surface area contributed by atoms with Gasteiger partial charge in [0.15, 0.2) is 0 Å². The number of hydrogen-bond acceptors (Lipinski definition) is 2. The third-order valence-electron chi connectivity index (χ3n) is 6.21. The first-order chi connectivity index (χ1) is 14.4. The predicted molar refractivity (Wildman–Crippen MR) is 96.6 cm³/mol. The van der Waals surface area contributed by atoms with Crippen LogP contribution < -0.4 is 0 Å². The monoisotopic (exact) mass is 537 g/mol. The first kappa shape index (κ1) is 24.7. The van der Waals surface area contributed by atoms with Crippen LogP contribution in [0.3, 0.4) is 0 Å². The highest BCUT2D eigenvalue weighted by Gasteiger charge is 2.72. The minimum absolute atomic E-state index is 0.135. The summed E-state index contributed by atoms with van der Waals surface area (Å²) in [5, 5.41) is 9.55. The summed E-state index contributed by atoms with van der Waals surface area (Å²) < 4.78 is 111. The molecule has 32 heavy (non-hydrogen) atoms. The van der Waals surface area contributed by atoms with Crippen LogP contribution in [0.25, 0.3) is 0 Å². The Kier molecular flexibility index (Phi) is 5.63. The van der Waals surface area contributed by atoms with Gasteiger partial charge >= 0.3 is 18.3 Å². The van der Waals surface area contributed by atoms with Crippen LogP contribution in [0, 0.1) is 11.3 Å². The van der Waals surface area contributed by atoms with Crippen LogP contribution in [0.15, 0.2) is 22.7 Å². The van der Waals surface area contributed by atoms with E-state index in [1.54, 1.807) is 0 Å². The minimum Gasteiger partial charge on any atom is -0.480 e. The highest BCUT2D eigenvalue weighted by atomic mass is 79.9. The average Bonchev–Trinajstić information content (AvgIpc) is 3.38. The van der Waals surface area contributed by atoms with Crippen molar-refractivity contribution in [2.24, 2.45) is 11.3 Å². The first-order valence-corrected chi connectivity index (χ1v) is 10.0. The standard InChI is InChI=1S/C19H16BrF8NO3/c1-15(14(31)32)7-9(8-29(15)13(30)16(4-5-16)19(26,27)28)17(21,22)11-3-2-10(20)6-12(11)18(23,24)25/h2-3,6,9H,4-5,7-8H2,1H3,(H,31,32)/t9?,15-/m0/s1. The van der Waals surface area contributed by atoms with E-state index < -0.39 is 84.0 Å². The van der Waals surface area contributed by atoms with Gasteiger partial charge in [-0.3, -0.25) is 4.79 Å². The molecular formula is C19H16BrF8NO3. The summed E-state index contributed by atoms with van der Waals surface area (Å²) in [4.78, 5) is 24.7. The molecule has 2 aliphatic rings. The number of benzene rings is 1. The highest BCUT2D eigenvalue weighted by molar-refractivity contribution is 9.10. The summed E-state index contributed by atoms with van der Waals surface area (Å²) in [6.45, 7) is -0.318. The molecule has 1 saturated heterocycles. The number of hydrogen-bond donors (Lipinski definition) is 1. The molecule has 1 amide bonds. The van der Waals surface area contributed by atoms with Gasteiger partial charge in [0.2, 0.25) is 5.91 Å². The molecule has 2 atom stereocenters. The van der Waals surface area contributed by atoms with Crippen molar-refractivity contribution in [3.63, 3.8) is 0 Å². The van der Waals surface area contributed by atoms with Crippen LogP contribution in [-0.4, -0.2) is 40.1 Å². The third-order valence-corrected chi connectivity index (χ3v) is 6.70. The van der Waals surface area contributed by atoms with Gasteiger partial charge in [-0.15, -0.1) is 0 Å². The largest absolute Gasteiger partial charge is 0.480 e. The first-order valence-electron chi connectivity index (χ1n) is 9.25. The van der Waals surface area contributed by atoms with E-state index in [9.17, 15) is 41.0 Å². The lowest BCUT2D eigenvalue weighted by Crippen LogP contribution is -2.55. The Morgan fingerprint density at radius 1 is 1.06 bits per heavy atom. The van der Waals surface area contributed by atoms with Gasteiger partial charge in [0.05, 0.1) is 5.56 Å². The molecular weight excluding hydrogens is 522 g/mol. The lowest BCUT2D eigenvalue weighted by Gasteiger charge is -2.34. The number of halogens is 9. The number of carbonyl (C=O) groups excluding carboxylic acids is 1. The summed E-state index contributed by atoms with van der Waals surface area (Å²) in [6.07, 6.45) is -12.5. The number of nitrogens with zero attached hydrogens (tertiary/aromatic N) is 1. The minimum atomic E-state index is -5.18. The van der Waals surface area contributed by atoms with Crippen LogP contribution in [0.2, 0.25) is 0 Å². The zero-order valence-electron chi connectivity index (χ0n) is 16.3. The quantitative estimate of drug-likeness (QED) is 0.509. The van der Waals surface area contributed by atoms with Crippen molar-refractivity contribution in [3.05, 3.63) is 33.8 Å². The van der Waals surface area contributed by atoms with Crippen LogP contribution in [-0.2, 0) is 21.7 Å². The van der Waals surface area contributed by atoms with Crippen molar-refractivity contribution in [3.8, 4) is 0 Å². The molecule has 0 spiro atoms. The normalized spacial score (nSPS) is 25.7. The van der Waals surface area contributed by atoms with Gasteiger partial charge in [0.1, 0.15) is 11.0 Å². The molecule has 1 unspecified atom stereocenters. The smallest absolute Gasteiger partial charge is 0.416 e. The Morgan fingerprint density at radius 3 is 2.06 bits per heavy atom. The zero-order chi connectivity index (χ0) is 24.5. The number of aliphatic carboxylic acids is 1. The second-order valence-corrected chi connectivity index (χ2v) is 9.20. The molecule has 4 nitrogen and oxygen atoms in total. The molecule has 1 heterocycles. The number of carboxylic acid groups (broad SMARTS) is 1. The molecule has 0 bridgehead atoms. The number of carboxylic acids is 1. The van der Waals surface area contributed by atoms with Crippen molar-refractivity contribution in [1.29, 1.82) is 0 Å².